The molecule has 0 saturated carbocycles. The molecular formula is C28H29FN4O4S. The average molecular weight is 537 g/mol. The second-order valence-corrected chi connectivity index (χ2v) is 11.5. The van der Waals surface area contributed by atoms with Crippen molar-refractivity contribution in [3.05, 3.63) is 89.7 Å². The largest absolute Gasteiger partial charge is 0.368 e. The third kappa shape index (κ3) is 4.71. The summed E-state index contributed by atoms with van der Waals surface area (Å²) in [6.45, 7) is 5.86. The van der Waals surface area contributed by atoms with E-state index in [0.29, 0.717) is 36.2 Å². The zero-order valence-corrected chi connectivity index (χ0v) is 22.1. The van der Waals surface area contributed by atoms with Crippen molar-refractivity contribution < 1.29 is 22.4 Å². The summed E-state index contributed by atoms with van der Waals surface area (Å²) in [5.74, 6) is -1.05. The average Bonchev–Trinajstić information content (AvgIpc) is 3.28. The minimum atomic E-state index is -4.38. The number of hydrogen-bond acceptors (Lipinski definition) is 5. The maximum absolute atomic E-state index is 13.8. The summed E-state index contributed by atoms with van der Waals surface area (Å²) >= 11 is 0. The highest BCUT2D eigenvalue weighted by Gasteiger charge is 2.49. The first-order valence-electron chi connectivity index (χ1n) is 12.4. The number of benzene rings is 3. The van der Waals surface area contributed by atoms with E-state index in [1.165, 1.54) is 17.0 Å². The van der Waals surface area contributed by atoms with E-state index >= 15 is 0 Å². The number of amides is 3. The Labute approximate surface area is 221 Å². The van der Waals surface area contributed by atoms with Crippen molar-refractivity contribution in [2.75, 3.05) is 42.5 Å². The van der Waals surface area contributed by atoms with E-state index in [1.54, 1.807) is 35.2 Å². The molecule has 0 aliphatic carbocycles. The Kier molecular flexibility index (Phi) is 6.83. The number of nitrogens with zero attached hydrogens (tertiary/aromatic N) is 4. The van der Waals surface area contributed by atoms with Crippen LogP contribution in [-0.4, -0.2) is 68.3 Å². The third-order valence-corrected chi connectivity index (χ3v) is 8.81. The molecule has 3 aromatic rings. The van der Waals surface area contributed by atoms with Gasteiger partial charge in [0.05, 0.1) is 11.4 Å². The molecule has 38 heavy (non-hydrogen) atoms. The molecule has 2 saturated heterocycles. The lowest BCUT2D eigenvalue weighted by molar-refractivity contribution is -0.132. The fourth-order valence-corrected chi connectivity index (χ4v) is 6.43. The number of aryl methyl sites for hydroxylation is 2. The van der Waals surface area contributed by atoms with Gasteiger partial charge in [-0.3, -0.25) is 9.69 Å². The predicted molar refractivity (Wildman–Crippen MR) is 143 cm³/mol. The van der Waals surface area contributed by atoms with Gasteiger partial charge in [0.2, 0.25) is 5.91 Å². The monoisotopic (exact) mass is 536 g/mol. The smallest absolute Gasteiger partial charge is 0.339 e. The lowest BCUT2D eigenvalue weighted by Gasteiger charge is -2.38. The Morgan fingerprint density at radius 3 is 2.29 bits per heavy atom. The molecule has 2 aliphatic heterocycles. The second-order valence-electron chi connectivity index (χ2n) is 9.60. The second kappa shape index (κ2) is 10.1. The van der Waals surface area contributed by atoms with Crippen molar-refractivity contribution in [1.29, 1.82) is 0 Å². The Bertz CT molecular complexity index is 1470. The van der Waals surface area contributed by atoms with Gasteiger partial charge in [-0.25, -0.2) is 21.9 Å². The summed E-state index contributed by atoms with van der Waals surface area (Å²) in [5.41, 5.74) is 3.87. The van der Waals surface area contributed by atoms with Crippen LogP contribution in [0.25, 0.3) is 0 Å². The Morgan fingerprint density at radius 2 is 1.61 bits per heavy atom. The van der Waals surface area contributed by atoms with Gasteiger partial charge >= 0.3 is 6.03 Å². The number of carbonyl (C=O) groups excluding carboxylic acids is 2. The molecule has 0 aromatic heterocycles. The van der Waals surface area contributed by atoms with Gasteiger partial charge in [0.1, 0.15) is 11.9 Å². The number of sulfonamides is 1. The van der Waals surface area contributed by atoms with Crippen LogP contribution in [0.1, 0.15) is 11.1 Å². The van der Waals surface area contributed by atoms with Gasteiger partial charge in [0.25, 0.3) is 10.0 Å². The molecule has 0 spiro atoms. The Hall–Kier alpha value is -3.92. The van der Waals surface area contributed by atoms with Crippen LogP contribution in [0, 0.1) is 19.7 Å². The zero-order valence-electron chi connectivity index (χ0n) is 21.2. The van der Waals surface area contributed by atoms with Crippen molar-refractivity contribution in [3.63, 3.8) is 0 Å². The van der Waals surface area contributed by atoms with Gasteiger partial charge < -0.3 is 9.80 Å². The number of urea groups is 1. The quantitative estimate of drug-likeness (QED) is 0.496. The fourth-order valence-electron chi connectivity index (χ4n) is 5.03. The molecular weight excluding hydrogens is 507 g/mol. The highest BCUT2D eigenvalue weighted by atomic mass is 32.2. The number of hydrogen-bond donors (Lipinski definition) is 0. The highest BCUT2D eigenvalue weighted by Crippen LogP contribution is 2.31. The standard InChI is InChI=1S/C28H29FN4O4S/c1-20-11-12-21(2)25(17-20)30-13-15-31(16-14-30)27(34)26-19-32(28(35)33(26)23-8-4-3-5-9-23)38(36,37)24-10-6-7-22(29)18-24/h3-12,17-18,26H,13-16,19H2,1-2H3/t26-/m0/s1. The maximum atomic E-state index is 13.8. The molecule has 0 radical (unpaired) electrons. The van der Waals surface area contributed by atoms with Gasteiger partial charge in [-0.1, -0.05) is 36.4 Å². The van der Waals surface area contributed by atoms with Gasteiger partial charge in [0.15, 0.2) is 0 Å². The number of halogens is 1. The van der Waals surface area contributed by atoms with E-state index < -0.39 is 27.9 Å². The number of rotatable bonds is 5. The molecule has 2 fully saturated rings. The molecule has 0 unspecified atom stereocenters. The topological polar surface area (TPSA) is 81.2 Å². The first kappa shape index (κ1) is 25.7. The molecule has 3 amide bonds. The first-order valence-corrected chi connectivity index (χ1v) is 13.9. The predicted octanol–water partition coefficient (Wildman–Crippen LogP) is 3.79. The van der Waals surface area contributed by atoms with Crippen LogP contribution in [0.4, 0.5) is 20.6 Å². The van der Waals surface area contributed by atoms with Crippen LogP contribution in [0.5, 0.6) is 0 Å². The molecule has 10 heteroatoms. The molecule has 8 nitrogen and oxygen atoms in total. The number of anilines is 2. The molecule has 5 rings (SSSR count). The van der Waals surface area contributed by atoms with Crippen molar-refractivity contribution in [1.82, 2.24) is 9.21 Å². The molecule has 2 heterocycles. The Morgan fingerprint density at radius 1 is 0.895 bits per heavy atom. The Balaban J connectivity index is 1.40. The van der Waals surface area contributed by atoms with Crippen LogP contribution in [0.15, 0.2) is 77.7 Å². The number of carbonyl (C=O) groups is 2. The lowest BCUT2D eigenvalue weighted by Crippen LogP contribution is -2.55. The molecule has 2 aliphatic rings. The van der Waals surface area contributed by atoms with E-state index in [-0.39, 0.29) is 17.3 Å². The molecule has 198 valence electrons. The molecule has 3 aromatic carbocycles. The summed E-state index contributed by atoms with van der Waals surface area (Å²) in [7, 11) is -4.38. The molecule has 1 atom stereocenters. The zero-order chi connectivity index (χ0) is 27.0. The summed E-state index contributed by atoms with van der Waals surface area (Å²) in [4.78, 5) is 32.1. The first-order chi connectivity index (χ1) is 18.2. The van der Waals surface area contributed by atoms with E-state index in [9.17, 15) is 22.4 Å². The minimum absolute atomic E-state index is 0.320. The van der Waals surface area contributed by atoms with Gasteiger partial charge in [-0.2, -0.15) is 0 Å². The van der Waals surface area contributed by atoms with Crippen molar-refractivity contribution >= 4 is 33.3 Å². The van der Waals surface area contributed by atoms with Gasteiger partial charge in [0, 0.05) is 37.6 Å². The molecule has 0 bridgehead atoms. The normalized spacial score (nSPS) is 18.3. The minimum Gasteiger partial charge on any atom is -0.368 e. The summed E-state index contributed by atoms with van der Waals surface area (Å²) in [6, 6.07) is 17.4. The van der Waals surface area contributed by atoms with Crippen LogP contribution in [0.2, 0.25) is 0 Å². The maximum Gasteiger partial charge on any atom is 0.339 e. The summed E-state index contributed by atoms with van der Waals surface area (Å²) in [6.07, 6.45) is 0. The highest BCUT2D eigenvalue weighted by molar-refractivity contribution is 7.89. The number of para-hydroxylation sites is 1. The third-order valence-electron chi connectivity index (χ3n) is 7.07. The van der Waals surface area contributed by atoms with Crippen molar-refractivity contribution in [3.8, 4) is 0 Å². The van der Waals surface area contributed by atoms with Gasteiger partial charge in [-0.15, -0.1) is 0 Å². The fraction of sp³-hybridized carbons (Fsp3) is 0.286. The van der Waals surface area contributed by atoms with Crippen LogP contribution >= 0.6 is 0 Å². The van der Waals surface area contributed by atoms with E-state index in [4.69, 9.17) is 0 Å². The lowest BCUT2D eigenvalue weighted by atomic mass is 10.1. The summed E-state index contributed by atoms with van der Waals surface area (Å²) < 4.78 is 41.2. The molecule has 0 N–H and O–H groups in total. The van der Waals surface area contributed by atoms with E-state index in [2.05, 4.69) is 30.0 Å². The SMILES string of the molecule is Cc1ccc(C)c(N2CCN(C(=O)[C@@H]3CN(S(=O)(=O)c4cccc(F)c4)C(=O)N3c3ccccc3)CC2)c1. The summed E-state index contributed by atoms with van der Waals surface area (Å²) in [5, 5.41) is 0. The van der Waals surface area contributed by atoms with Gasteiger partial charge in [-0.05, 0) is 61.4 Å². The van der Waals surface area contributed by atoms with Crippen molar-refractivity contribution in [2.24, 2.45) is 0 Å². The van der Waals surface area contributed by atoms with E-state index in [0.717, 1.165) is 28.9 Å². The number of piperazine rings is 1. The van der Waals surface area contributed by atoms with Crippen LogP contribution in [-0.2, 0) is 14.8 Å². The van der Waals surface area contributed by atoms with Crippen LogP contribution in [0.3, 0.4) is 0 Å². The van der Waals surface area contributed by atoms with E-state index in [1.807, 2.05) is 6.92 Å². The van der Waals surface area contributed by atoms with Crippen LogP contribution < -0.4 is 9.80 Å². The van der Waals surface area contributed by atoms with Crippen molar-refractivity contribution in [2.45, 2.75) is 24.8 Å².